The Kier molecular flexibility index (Phi) is 26.9. The Morgan fingerprint density at radius 2 is 1.02 bits per heavy atom. The van der Waals surface area contributed by atoms with Crippen LogP contribution in [0.5, 0.6) is 0 Å². The summed E-state index contributed by atoms with van der Waals surface area (Å²) >= 11 is 0. The highest BCUT2D eigenvalue weighted by atomic mass is 16.8. The van der Waals surface area contributed by atoms with Gasteiger partial charge >= 0.3 is 5.97 Å². The number of ether oxygens (including phenoxy) is 12. The summed E-state index contributed by atoms with van der Waals surface area (Å²) in [7, 11) is 0. The highest BCUT2D eigenvalue weighted by molar-refractivity contribution is 5.77. The van der Waals surface area contributed by atoms with E-state index in [1.807, 2.05) is 6.92 Å². The monoisotopic (exact) mass is 1450 g/mol. The Morgan fingerprint density at radius 3 is 1.60 bits per heavy atom. The summed E-state index contributed by atoms with van der Waals surface area (Å²) < 4.78 is 71.9. The fraction of sp³-hybridized carbons (Fsp3) is 0.919. The number of hydrogen-bond acceptors (Lipinski definition) is 38. The van der Waals surface area contributed by atoms with Crippen LogP contribution in [0.25, 0.3) is 0 Å². The van der Waals surface area contributed by atoms with Crippen molar-refractivity contribution in [1.29, 1.82) is 0 Å². The molecule has 9 aliphatic rings. The van der Waals surface area contributed by atoms with E-state index < -0.39 is 295 Å². The molecule has 0 aromatic carbocycles. The number of rotatable bonds is 28. The summed E-state index contributed by atoms with van der Waals surface area (Å²) in [5.74, 6) is -4.46. The van der Waals surface area contributed by atoms with E-state index >= 15 is 4.79 Å². The molecule has 5 heterocycles. The third-order valence-corrected chi connectivity index (χ3v) is 22.4. The normalized spacial score (nSPS) is 47.4. The maximum Gasteiger partial charge on any atom is 0.314 e. The Hall–Kier alpha value is -2.81. The molecule has 5 saturated heterocycles. The van der Waals surface area contributed by atoms with Crippen LogP contribution in [0.3, 0.4) is 0 Å². The predicted molar refractivity (Wildman–Crippen MR) is 321 cm³/mol. The second-order valence-electron chi connectivity index (χ2n) is 28.5. The van der Waals surface area contributed by atoms with E-state index in [-0.39, 0.29) is 25.2 Å². The Labute approximate surface area is 572 Å². The highest BCUT2D eigenvalue weighted by Crippen LogP contribution is 2.74. The summed E-state index contributed by atoms with van der Waals surface area (Å²) in [6, 6.07) is 0. The first-order valence-electron chi connectivity index (χ1n) is 33.6. The number of esters is 1. The molecule has 38 nitrogen and oxygen atoms in total. The Bertz CT molecular complexity index is 2700. The molecule has 9 fully saturated rings. The lowest BCUT2D eigenvalue weighted by molar-refractivity contribution is -0.401. The minimum absolute atomic E-state index is 0.159. The average molecular weight is 1460 g/mol. The van der Waals surface area contributed by atoms with Gasteiger partial charge in [0.25, 0.3) is 0 Å². The van der Waals surface area contributed by atoms with Crippen LogP contribution in [-0.4, -0.2) is 376 Å². The first kappa shape index (κ1) is 81.3. The summed E-state index contributed by atoms with van der Waals surface area (Å²) in [6.45, 7) is 2.25. The molecule has 0 amide bonds. The molecule has 9 rings (SSSR count). The number of carbonyl (C=O) groups is 1. The number of carbonyl (C=O) groups excluding carboxylic acids is 1. The summed E-state index contributed by atoms with van der Waals surface area (Å²) in [5.41, 5.74) is -3.69. The van der Waals surface area contributed by atoms with Crippen molar-refractivity contribution in [3.05, 3.63) is 23.7 Å². The summed E-state index contributed by atoms with van der Waals surface area (Å²) in [4.78, 5) is 15.3. The maximum absolute atomic E-state index is 15.3. The molecule has 25 N–H and O–H groups in total. The number of aliphatic hydroxyl groups excluding tert-OH is 25. The molecular formula is C62H102O38. The van der Waals surface area contributed by atoms with Gasteiger partial charge in [0, 0.05) is 19.6 Å². The van der Waals surface area contributed by atoms with E-state index in [4.69, 9.17) is 56.8 Å². The van der Waals surface area contributed by atoms with E-state index in [0.717, 1.165) is 0 Å². The molecule has 0 aromatic rings. The van der Waals surface area contributed by atoms with Crippen molar-refractivity contribution < 1.29 is 189 Å². The van der Waals surface area contributed by atoms with Crippen molar-refractivity contribution in [1.82, 2.24) is 0 Å². The molecule has 100 heavy (non-hydrogen) atoms. The van der Waals surface area contributed by atoms with Gasteiger partial charge in [0.05, 0.1) is 50.2 Å². The van der Waals surface area contributed by atoms with Crippen LogP contribution in [0.4, 0.5) is 0 Å². The first-order chi connectivity index (χ1) is 47.2. The van der Waals surface area contributed by atoms with Crippen LogP contribution in [0.1, 0.15) is 84.5 Å². The molecule has 5 aliphatic heterocycles. The first-order valence-corrected chi connectivity index (χ1v) is 33.6. The third kappa shape index (κ3) is 15.7. The molecule has 1 spiro atoms. The van der Waals surface area contributed by atoms with Gasteiger partial charge in [0.1, 0.15) is 134 Å². The van der Waals surface area contributed by atoms with Crippen LogP contribution in [0, 0.1) is 28.1 Å². The molecule has 0 aromatic heterocycles. The van der Waals surface area contributed by atoms with Crippen molar-refractivity contribution in [2.45, 2.75) is 281 Å². The quantitative estimate of drug-likeness (QED) is 0.0114. The lowest BCUT2D eigenvalue weighted by Crippen LogP contribution is -2.68. The minimum Gasteiger partial charge on any atom is -0.506 e. The molecule has 2 bridgehead atoms. The van der Waals surface area contributed by atoms with Crippen LogP contribution in [0.2, 0.25) is 0 Å². The molecule has 37 atom stereocenters. The molecule has 578 valence electrons. The van der Waals surface area contributed by atoms with E-state index in [0.29, 0.717) is 44.1 Å². The van der Waals surface area contributed by atoms with Gasteiger partial charge in [-0.2, -0.15) is 0 Å². The van der Waals surface area contributed by atoms with Crippen LogP contribution < -0.4 is 0 Å². The summed E-state index contributed by atoms with van der Waals surface area (Å²) in [6.07, 6.45) is -60.3. The van der Waals surface area contributed by atoms with Gasteiger partial charge in [0.2, 0.25) is 12.6 Å². The van der Waals surface area contributed by atoms with Crippen LogP contribution in [-0.2, 0) is 61.6 Å². The van der Waals surface area contributed by atoms with Gasteiger partial charge in [-0.25, -0.2) is 0 Å². The lowest BCUT2D eigenvalue weighted by atomic mass is 9.41. The zero-order valence-corrected chi connectivity index (χ0v) is 55.0. The SMILES string of the molecule is C=C1CC23CCC4[C@](C)(C(=O)OC5OC(CO)C(O)C(OC(O)/C(O)=C(\O)C(O)CCO)C5OC(O)C(O)C(O)C(O)CCO)CCC[C@@]4(C)[C@@H]2CCC1(OC1OC(CO)C(O)C(OC2OC(COC4OC(CO)C(O)C(O)C4O)C(O)C(O)C2O)C1OC1OC(CO)C(O)C(O)C1O)C3. The Balaban J connectivity index is 0.981. The van der Waals surface area contributed by atoms with E-state index in [2.05, 4.69) is 6.58 Å². The van der Waals surface area contributed by atoms with Crippen LogP contribution >= 0.6 is 0 Å². The molecule has 38 heteroatoms. The lowest BCUT2D eigenvalue weighted by Gasteiger charge is -2.64. The van der Waals surface area contributed by atoms with Crippen molar-refractivity contribution in [2.75, 3.05) is 46.2 Å². The average Bonchev–Trinajstić information content (AvgIpc) is 1.44. The minimum atomic E-state index is -2.69. The zero-order valence-electron chi connectivity index (χ0n) is 55.0. The maximum atomic E-state index is 15.3. The van der Waals surface area contributed by atoms with Crippen molar-refractivity contribution >= 4 is 5.97 Å². The highest BCUT2D eigenvalue weighted by Gasteiger charge is 2.70. The van der Waals surface area contributed by atoms with E-state index in [1.54, 1.807) is 6.92 Å². The molecule has 4 aliphatic carbocycles. The largest absolute Gasteiger partial charge is 0.506 e. The van der Waals surface area contributed by atoms with E-state index in [1.165, 1.54) is 0 Å². The number of fused-ring (bicyclic) bond motifs is 3. The van der Waals surface area contributed by atoms with Gasteiger partial charge < -0.3 is 185 Å². The Morgan fingerprint density at radius 1 is 0.520 bits per heavy atom. The van der Waals surface area contributed by atoms with Gasteiger partial charge in [0.15, 0.2) is 49.1 Å². The van der Waals surface area contributed by atoms with Crippen molar-refractivity contribution in [2.24, 2.45) is 28.1 Å². The van der Waals surface area contributed by atoms with Gasteiger partial charge in [-0.15, -0.1) is 0 Å². The summed E-state index contributed by atoms with van der Waals surface area (Å²) in [5, 5.41) is 268. The fourth-order valence-electron chi connectivity index (χ4n) is 16.9. The number of hydrogen-bond donors (Lipinski definition) is 25. The van der Waals surface area contributed by atoms with Crippen molar-refractivity contribution in [3.63, 3.8) is 0 Å². The standard InChI is InChI=1S/C62H102O38/c1-22-15-61-11-5-30-59(2,9-4-10-60(30,3)58(88)99-56-49(96-52(87)43(82)33(72)24(70)8-14-64)47(37(76)27(18-67)92-56)95-51(86)42(81)32(71)23(69)7-13-63)31(61)6-12-62(22,21-61)100-57-50(98-54-45(84)40(79)35(74)26(17-66)91-54)48(38(77)28(19-68)93-57)97-55-46(85)41(80)36(75)29(94-55)20-89-53-44(83)39(78)34(73)25(16-65)90-53/h23-31,33-41,43-57,63-87H,1,4-21H2,2-3H3/b42-32+/t23?,24?,25?,26?,27?,28?,29?,30?,31-,33?,34?,35?,36?,37?,38?,39?,40?,41?,43?,44?,45?,46?,47?,48?,49?,50?,51?,52?,53?,54?,55?,56?,57?,59+,60+,61?,62?/m0/s1. The molecule has 34 unspecified atom stereocenters. The van der Waals surface area contributed by atoms with Crippen LogP contribution in [0.15, 0.2) is 23.7 Å². The second-order valence-corrected chi connectivity index (χ2v) is 28.5. The third-order valence-electron chi connectivity index (χ3n) is 22.4. The van der Waals surface area contributed by atoms with E-state index in [9.17, 15) is 128 Å². The van der Waals surface area contributed by atoms with Gasteiger partial charge in [-0.1, -0.05) is 19.9 Å². The molecular weight excluding hydrogens is 1350 g/mol. The molecule has 4 saturated carbocycles. The van der Waals surface area contributed by atoms with Gasteiger partial charge in [-0.3, -0.25) is 4.79 Å². The molecule has 0 radical (unpaired) electrons. The smallest absolute Gasteiger partial charge is 0.314 e. The number of aliphatic hydroxyl groups is 25. The van der Waals surface area contributed by atoms with Crippen molar-refractivity contribution in [3.8, 4) is 0 Å². The second kappa shape index (κ2) is 33.1. The fourth-order valence-corrected chi connectivity index (χ4v) is 16.9. The predicted octanol–water partition coefficient (Wildman–Crippen LogP) is -10.1. The topological polar surface area (TPSA) is 634 Å². The van der Waals surface area contributed by atoms with Gasteiger partial charge in [-0.05, 0) is 93.0 Å². The zero-order chi connectivity index (χ0) is 73.6.